The van der Waals surface area contributed by atoms with Gasteiger partial charge in [-0.25, -0.2) is 4.98 Å². The monoisotopic (exact) mass is 224 g/mol. The number of aromatic nitrogens is 2. The number of hydrogen-bond acceptors (Lipinski definition) is 3. The fourth-order valence-electron chi connectivity index (χ4n) is 1.36. The van der Waals surface area contributed by atoms with Crippen molar-refractivity contribution in [3.05, 3.63) is 18.2 Å². The molecule has 0 spiro atoms. The van der Waals surface area contributed by atoms with Crippen LogP contribution in [-0.4, -0.2) is 48.0 Å². The van der Waals surface area contributed by atoms with Crippen molar-refractivity contribution in [3.63, 3.8) is 0 Å². The van der Waals surface area contributed by atoms with Crippen LogP contribution in [0.1, 0.15) is 12.1 Å². The van der Waals surface area contributed by atoms with Crippen molar-refractivity contribution in [1.29, 1.82) is 0 Å². The van der Waals surface area contributed by atoms with E-state index in [2.05, 4.69) is 10.3 Å². The highest BCUT2D eigenvalue weighted by Crippen LogP contribution is 1.99. The Hall–Kier alpha value is -1.36. The average Bonchev–Trinajstić information content (AvgIpc) is 2.70. The lowest BCUT2D eigenvalue weighted by atomic mass is 10.3. The van der Waals surface area contributed by atoms with Crippen LogP contribution in [0.2, 0.25) is 0 Å². The second-order valence-corrected chi connectivity index (χ2v) is 3.99. The largest absolute Gasteiger partial charge is 0.349 e. The predicted molar refractivity (Wildman–Crippen MR) is 63.2 cm³/mol. The molecule has 90 valence electrons. The third-order valence-corrected chi connectivity index (χ3v) is 2.40. The maximum atomic E-state index is 11.4. The van der Waals surface area contributed by atoms with Gasteiger partial charge in [-0.2, -0.15) is 0 Å². The quantitative estimate of drug-likeness (QED) is 0.747. The Morgan fingerprint density at radius 3 is 2.94 bits per heavy atom. The van der Waals surface area contributed by atoms with E-state index in [9.17, 15) is 4.79 Å². The molecule has 0 bridgehead atoms. The van der Waals surface area contributed by atoms with Gasteiger partial charge in [0, 0.05) is 46.2 Å². The van der Waals surface area contributed by atoms with Crippen molar-refractivity contribution in [2.24, 2.45) is 0 Å². The maximum absolute atomic E-state index is 11.4. The number of carbonyl (C=O) groups excluding carboxylic acids is 1. The first kappa shape index (κ1) is 12.7. The van der Waals surface area contributed by atoms with Crippen LogP contribution >= 0.6 is 0 Å². The molecule has 0 fully saturated rings. The summed E-state index contributed by atoms with van der Waals surface area (Å²) < 4.78 is 1.96. The van der Waals surface area contributed by atoms with Gasteiger partial charge in [0.15, 0.2) is 0 Å². The number of aryl methyl sites for hydroxylation is 1. The van der Waals surface area contributed by atoms with E-state index in [1.54, 1.807) is 25.3 Å². The van der Waals surface area contributed by atoms with Gasteiger partial charge in [0.1, 0.15) is 0 Å². The highest BCUT2D eigenvalue weighted by molar-refractivity contribution is 5.75. The molecule has 5 heteroatoms. The molecule has 1 aromatic rings. The summed E-state index contributed by atoms with van der Waals surface area (Å²) >= 11 is 0. The van der Waals surface area contributed by atoms with Crippen molar-refractivity contribution >= 4 is 5.91 Å². The van der Waals surface area contributed by atoms with Crippen LogP contribution in [0.4, 0.5) is 0 Å². The number of likely N-dealkylation sites (N-methyl/N-ethyl adjacent to an activating group) is 1. The Balaban J connectivity index is 2.37. The number of carbonyl (C=O) groups is 1. The first-order valence-corrected chi connectivity index (χ1v) is 5.49. The summed E-state index contributed by atoms with van der Waals surface area (Å²) in [7, 11) is 5.47. The molecule has 0 unspecified atom stereocenters. The highest BCUT2D eigenvalue weighted by Gasteiger charge is 2.04. The van der Waals surface area contributed by atoms with Gasteiger partial charge in [0.25, 0.3) is 0 Å². The van der Waals surface area contributed by atoms with Gasteiger partial charge in [-0.05, 0) is 7.05 Å². The van der Waals surface area contributed by atoms with Crippen LogP contribution in [0.25, 0.3) is 0 Å². The Morgan fingerprint density at radius 1 is 1.56 bits per heavy atom. The molecule has 0 radical (unpaired) electrons. The molecule has 1 amide bonds. The first-order valence-electron chi connectivity index (χ1n) is 5.49. The van der Waals surface area contributed by atoms with E-state index >= 15 is 0 Å². The van der Waals surface area contributed by atoms with Gasteiger partial charge in [-0.3, -0.25) is 4.79 Å². The van der Waals surface area contributed by atoms with Gasteiger partial charge in [-0.15, -0.1) is 0 Å². The lowest BCUT2D eigenvalue weighted by Gasteiger charge is -2.09. The molecular formula is C11H20N4O. The second-order valence-electron chi connectivity index (χ2n) is 3.99. The molecule has 0 atom stereocenters. The minimum absolute atomic E-state index is 0.144. The summed E-state index contributed by atoms with van der Waals surface area (Å²) in [6.07, 6.45) is 5.23. The smallest absolute Gasteiger partial charge is 0.223 e. The second kappa shape index (κ2) is 6.27. The molecule has 0 aromatic carbocycles. The SMILES string of the molecule is CNCCc1cn(CCC(=O)N(C)C)cn1. The van der Waals surface area contributed by atoms with E-state index in [4.69, 9.17) is 0 Å². The molecule has 16 heavy (non-hydrogen) atoms. The van der Waals surface area contributed by atoms with Crippen LogP contribution in [0.3, 0.4) is 0 Å². The number of hydrogen-bond donors (Lipinski definition) is 1. The molecule has 1 heterocycles. The standard InChI is InChI=1S/C11H20N4O/c1-12-6-4-10-8-15(9-13-10)7-5-11(16)14(2)3/h8-9,12H,4-7H2,1-3H3. The zero-order valence-corrected chi connectivity index (χ0v) is 10.2. The topological polar surface area (TPSA) is 50.2 Å². The minimum Gasteiger partial charge on any atom is -0.349 e. The third-order valence-electron chi connectivity index (χ3n) is 2.40. The van der Waals surface area contributed by atoms with Crippen molar-refractivity contribution in [2.45, 2.75) is 19.4 Å². The molecule has 1 N–H and O–H groups in total. The Bertz CT molecular complexity index is 332. The molecular weight excluding hydrogens is 204 g/mol. The third kappa shape index (κ3) is 4.02. The van der Waals surface area contributed by atoms with Crippen molar-refractivity contribution in [2.75, 3.05) is 27.7 Å². The van der Waals surface area contributed by atoms with Crippen LogP contribution in [-0.2, 0) is 17.8 Å². The normalized spacial score (nSPS) is 10.4. The number of amides is 1. The van der Waals surface area contributed by atoms with E-state index in [-0.39, 0.29) is 5.91 Å². The summed E-state index contributed by atoms with van der Waals surface area (Å²) in [6, 6.07) is 0. The summed E-state index contributed by atoms with van der Waals surface area (Å²) in [6.45, 7) is 1.62. The van der Waals surface area contributed by atoms with Gasteiger partial charge >= 0.3 is 0 Å². The van der Waals surface area contributed by atoms with E-state index in [1.807, 2.05) is 17.8 Å². The Kier molecular flexibility index (Phi) is 4.98. The molecule has 1 aromatic heterocycles. The van der Waals surface area contributed by atoms with Crippen molar-refractivity contribution < 1.29 is 4.79 Å². The summed E-state index contributed by atoms with van der Waals surface area (Å²) in [5, 5.41) is 3.08. The zero-order valence-electron chi connectivity index (χ0n) is 10.2. The number of nitrogens with zero attached hydrogens (tertiary/aromatic N) is 3. The van der Waals surface area contributed by atoms with Gasteiger partial charge < -0.3 is 14.8 Å². The predicted octanol–water partition coefficient (Wildman–Crippen LogP) is 0.123. The number of rotatable bonds is 6. The van der Waals surface area contributed by atoms with Crippen LogP contribution in [0, 0.1) is 0 Å². The Morgan fingerprint density at radius 2 is 2.31 bits per heavy atom. The fraction of sp³-hybridized carbons (Fsp3) is 0.636. The fourth-order valence-corrected chi connectivity index (χ4v) is 1.36. The van der Waals surface area contributed by atoms with E-state index in [0.717, 1.165) is 18.7 Å². The summed E-state index contributed by atoms with van der Waals surface area (Å²) in [5.74, 6) is 0.144. The first-order chi connectivity index (χ1) is 7.63. The molecule has 0 aliphatic rings. The van der Waals surface area contributed by atoms with E-state index in [1.165, 1.54) is 0 Å². The van der Waals surface area contributed by atoms with E-state index < -0.39 is 0 Å². The zero-order chi connectivity index (χ0) is 12.0. The molecule has 0 saturated heterocycles. The van der Waals surface area contributed by atoms with Crippen molar-refractivity contribution in [1.82, 2.24) is 19.8 Å². The van der Waals surface area contributed by atoms with Gasteiger partial charge in [0.2, 0.25) is 5.91 Å². The van der Waals surface area contributed by atoms with Crippen LogP contribution < -0.4 is 5.32 Å². The average molecular weight is 224 g/mol. The molecule has 5 nitrogen and oxygen atoms in total. The van der Waals surface area contributed by atoms with Gasteiger partial charge in [0.05, 0.1) is 12.0 Å². The lowest BCUT2D eigenvalue weighted by Crippen LogP contribution is -2.22. The lowest BCUT2D eigenvalue weighted by molar-refractivity contribution is -0.128. The number of imidazole rings is 1. The van der Waals surface area contributed by atoms with Gasteiger partial charge in [-0.1, -0.05) is 0 Å². The summed E-state index contributed by atoms with van der Waals surface area (Å²) in [5.41, 5.74) is 1.06. The summed E-state index contributed by atoms with van der Waals surface area (Å²) in [4.78, 5) is 17.3. The molecule has 0 aliphatic carbocycles. The van der Waals surface area contributed by atoms with Crippen molar-refractivity contribution in [3.8, 4) is 0 Å². The molecule has 0 aliphatic heterocycles. The number of nitrogens with one attached hydrogen (secondary N) is 1. The van der Waals surface area contributed by atoms with Crippen LogP contribution in [0.5, 0.6) is 0 Å². The van der Waals surface area contributed by atoms with E-state index in [0.29, 0.717) is 13.0 Å². The Labute approximate surface area is 96.5 Å². The molecule has 1 rings (SSSR count). The maximum Gasteiger partial charge on any atom is 0.223 e. The highest BCUT2D eigenvalue weighted by atomic mass is 16.2. The van der Waals surface area contributed by atoms with Crippen LogP contribution in [0.15, 0.2) is 12.5 Å². The minimum atomic E-state index is 0.144. The molecule has 0 saturated carbocycles.